The highest BCUT2D eigenvalue weighted by Crippen LogP contribution is 2.26. The SMILES string of the molecule is Cc1cc(OC[C@H]2CCCN2)cc(C)c1Br. The lowest BCUT2D eigenvalue weighted by Crippen LogP contribution is -2.28. The standard InChI is InChI=1S/C13H18BrNO/c1-9-6-12(7-10(2)13(9)14)16-8-11-4-3-5-15-11/h6-7,11,15H,3-5,8H2,1-2H3/t11-/m1/s1. The minimum atomic E-state index is 0.532. The van der Waals surface area contributed by atoms with E-state index in [0.29, 0.717) is 6.04 Å². The molecule has 88 valence electrons. The van der Waals surface area contributed by atoms with Crippen LogP contribution in [0.1, 0.15) is 24.0 Å². The van der Waals surface area contributed by atoms with Crippen LogP contribution in [0.2, 0.25) is 0 Å². The molecule has 2 rings (SSSR count). The molecule has 1 aliphatic heterocycles. The summed E-state index contributed by atoms with van der Waals surface area (Å²) in [5, 5.41) is 3.43. The molecule has 1 aliphatic rings. The molecule has 1 aromatic carbocycles. The zero-order chi connectivity index (χ0) is 11.5. The van der Waals surface area contributed by atoms with E-state index in [2.05, 4.69) is 47.2 Å². The van der Waals surface area contributed by atoms with Gasteiger partial charge in [0.1, 0.15) is 12.4 Å². The Labute approximate surface area is 106 Å². The largest absolute Gasteiger partial charge is 0.492 e. The van der Waals surface area contributed by atoms with Crippen molar-refractivity contribution in [3.8, 4) is 5.75 Å². The summed E-state index contributed by atoms with van der Waals surface area (Å²) in [6.07, 6.45) is 2.50. The maximum absolute atomic E-state index is 5.82. The van der Waals surface area contributed by atoms with Gasteiger partial charge in [-0.3, -0.25) is 0 Å². The second kappa shape index (κ2) is 5.19. The monoisotopic (exact) mass is 283 g/mol. The van der Waals surface area contributed by atoms with Gasteiger partial charge in [-0.25, -0.2) is 0 Å². The summed E-state index contributed by atoms with van der Waals surface area (Å²) in [7, 11) is 0. The summed E-state index contributed by atoms with van der Waals surface area (Å²) in [5.41, 5.74) is 2.46. The molecule has 0 amide bonds. The van der Waals surface area contributed by atoms with Gasteiger partial charge in [-0.2, -0.15) is 0 Å². The normalized spacial score (nSPS) is 20.1. The number of nitrogens with one attached hydrogen (secondary N) is 1. The molecule has 1 N–H and O–H groups in total. The van der Waals surface area contributed by atoms with Crippen LogP contribution in [-0.2, 0) is 0 Å². The fraction of sp³-hybridized carbons (Fsp3) is 0.538. The molecule has 1 aromatic rings. The number of aryl methyl sites for hydroxylation is 2. The van der Waals surface area contributed by atoms with Gasteiger partial charge in [0, 0.05) is 10.5 Å². The van der Waals surface area contributed by atoms with Gasteiger partial charge in [-0.1, -0.05) is 15.9 Å². The molecule has 1 saturated heterocycles. The molecule has 0 unspecified atom stereocenters. The maximum atomic E-state index is 5.82. The number of benzene rings is 1. The Morgan fingerprint density at radius 2 is 2.06 bits per heavy atom. The first-order chi connectivity index (χ1) is 7.66. The van der Waals surface area contributed by atoms with Crippen molar-refractivity contribution >= 4 is 15.9 Å². The Bertz CT molecular complexity index is 349. The Hall–Kier alpha value is -0.540. The summed E-state index contributed by atoms with van der Waals surface area (Å²) in [5.74, 6) is 0.979. The molecule has 1 heterocycles. The molecule has 0 saturated carbocycles. The molecule has 0 aromatic heterocycles. The lowest BCUT2D eigenvalue weighted by molar-refractivity contribution is 0.277. The second-order valence-corrected chi connectivity index (χ2v) is 5.27. The summed E-state index contributed by atoms with van der Waals surface area (Å²) in [6, 6.07) is 4.71. The smallest absolute Gasteiger partial charge is 0.119 e. The van der Waals surface area contributed by atoms with E-state index in [9.17, 15) is 0 Å². The molecular weight excluding hydrogens is 266 g/mol. The van der Waals surface area contributed by atoms with E-state index in [1.807, 2.05) is 0 Å². The summed E-state index contributed by atoms with van der Waals surface area (Å²) >= 11 is 3.56. The molecule has 0 radical (unpaired) electrons. The van der Waals surface area contributed by atoms with Crippen LogP contribution in [0, 0.1) is 13.8 Å². The Morgan fingerprint density at radius 3 is 2.62 bits per heavy atom. The lowest BCUT2D eigenvalue weighted by atomic mass is 10.1. The van der Waals surface area contributed by atoms with Gasteiger partial charge in [0.2, 0.25) is 0 Å². The molecule has 0 aliphatic carbocycles. The zero-order valence-electron chi connectivity index (χ0n) is 9.85. The third kappa shape index (κ3) is 2.77. The molecule has 1 atom stereocenters. The Kier molecular flexibility index (Phi) is 3.87. The molecule has 0 spiro atoms. The summed E-state index contributed by atoms with van der Waals surface area (Å²) < 4.78 is 7.00. The fourth-order valence-electron chi connectivity index (χ4n) is 2.09. The van der Waals surface area contributed by atoms with E-state index >= 15 is 0 Å². The molecule has 1 fully saturated rings. The average Bonchev–Trinajstić information content (AvgIpc) is 2.75. The highest BCUT2D eigenvalue weighted by molar-refractivity contribution is 9.10. The van der Waals surface area contributed by atoms with Crippen molar-refractivity contribution < 1.29 is 4.74 Å². The van der Waals surface area contributed by atoms with Gasteiger partial charge in [0.05, 0.1) is 0 Å². The van der Waals surface area contributed by atoms with E-state index in [0.717, 1.165) is 18.9 Å². The fourth-order valence-corrected chi connectivity index (χ4v) is 2.31. The van der Waals surface area contributed by atoms with Crippen LogP contribution in [0.15, 0.2) is 16.6 Å². The summed E-state index contributed by atoms with van der Waals surface area (Å²) in [4.78, 5) is 0. The van der Waals surface area contributed by atoms with E-state index in [4.69, 9.17) is 4.74 Å². The highest BCUT2D eigenvalue weighted by Gasteiger charge is 2.14. The third-order valence-electron chi connectivity index (χ3n) is 3.02. The minimum Gasteiger partial charge on any atom is -0.492 e. The molecular formula is C13H18BrNO. The Balaban J connectivity index is 1.98. The van der Waals surface area contributed by atoms with Crippen LogP contribution in [0.3, 0.4) is 0 Å². The summed E-state index contributed by atoms with van der Waals surface area (Å²) in [6.45, 7) is 6.10. The van der Waals surface area contributed by atoms with E-state index < -0.39 is 0 Å². The topological polar surface area (TPSA) is 21.3 Å². The average molecular weight is 284 g/mol. The van der Waals surface area contributed by atoms with E-state index in [-0.39, 0.29) is 0 Å². The number of rotatable bonds is 3. The van der Waals surface area contributed by atoms with Gasteiger partial charge < -0.3 is 10.1 Å². The predicted octanol–water partition coefficient (Wildman–Crippen LogP) is 3.20. The number of hydrogen-bond donors (Lipinski definition) is 1. The first-order valence-electron chi connectivity index (χ1n) is 5.80. The van der Waals surface area contributed by atoms with E-state index in [1.54, 1.807) is 0 Å². The molecule has 16 heavy (non-hydrogen) atoms. The zero-order valence-corrected chi connectivity index (χ0v) is 11.4. The van der Waals surface area contributed by atoms with Gasteiger partial charge >= 0.3 is 0 Å². The van der Waals surface area contributed by atoms with Gasteiger partial charge in [0.15, 0.2) is 0 Å². The van der Waals surface area contributed by atoms with Crippen LogP contribution >= 0.6 is 15.9 Å². The quantitative estimate of drug-likeness (QED) is 0.920. The van der Waals surface area contributed by atoms with Crippen molar-refractivity contribution in [1.29, 1.82) is 0 Å². The third-order valence-corrected chi connectivity index (χ3v) is 4.27. The Morgan fingerprint density at radius 1 is 1.38 bits per heavy atom. The maximum Gasteiger partial charge on any atom is 0.119 e. The van der Waals surface area contributed by atoms with Crippen LogP contribution in [0.25, 0.3) is 0 Å². The van der Waals surface area contributed by atoms with Crippen molar-refractivity contribution in [3.05, 3.63) is 27.7 Å². The van der Waals surface area contributed by atoms with Crippen LogP contribution in [0.5, 0.6) is 5.75 Å². The van der Waals surface area contributed by atoms with Crippen molar-refractivity contribution in [2.24, 2.45) is 0 Å². The van der Waals surface area contributed by atoms with Gasteiger partial charge in [-0.15, -0.1) is 0 Å². The van der Waals surface area contributed by atoms with E-state index in [1.165, 1.54) is 28.4 Å². The highest BCUT2D eigenvalue weighted by atomic mass is 79.9. The number of hydrogen-bond acceptors (Lipinski definition) is 2. The van der Waals surface area contributed by atoms with Crippen LogP contribution in [0.4, 0.5) is 0 Å². The minimum absolute atomic E-state index is 0.532. The van der Waals surface area contributed by atoms with Gasteiger partial charge in [0.25, 0.3) is 0 Å². The van der Waals surface area contributed by atoms with Gasteiger partial charge in [-0.05, 0) is 56.5 Å². The first kappa shape index (κ1) is 11.9. The van der Waals surface area contributed by atoms with Crippen LogP contribution in [-0.4, -0.2) is 19.2 Å². The second-order valence-electron chi connectivity index (χ2n) is 4.48. The van der Waals surface area contributed by atoms with Crippen molar-refractivity contribution in [1.82, 2.24) is 5.32 Å². The first-order valence-corrected chi connectivity index (χ1v) is 6.59. The molecule has 3 heteroatoms. The lowest BCUT2D eigenvalue weighted by Gasteiger charge is -2.14. The van der Waals surface area contributed by atoms with Crippen molar-refractivity contribution in [3.63, 3.8) is 0 Å². The van der Waals surface area contributed by atoms with Crippen molar-refractivity contribution in [2.45, 2.75) is 32.7 Å². The predicted molar refractivity (Wildman–Crippen MR) is 70.1 cm³/mol. The number of ether oxygens (including phenoxy) is 1. The molecule has 2 nitrogen and oxygen atoms in total. The number of halogens is 1. The van der Waals surface area contributed by atoms with Crippen molar-refractivity contribution in [2.75, 3.05) is 13.2 Å². The molecule has 0 bridgehead atoms. The van der Waals surface area contributed by atoms with Crippen LogP contribution < -0.4 is 10.1 Å².